The van der Waals surface area contributed by atoms with E-state index in [1.807, 2.05) is 4.90 Å². The number of piperidine rings is 2. The van der Waals surface area contributed by atoms with Crippen LogP contribution in [0.25, 0.3) is 0 Å². The van der Waals surface area contributed by atoms with E-state index in [4.69, 9.17) is 0 Å². The molecule has 1 aromatic carbocycles. The van der Waals surface area contributed by atoms with Crippen molar-refractivity contribution in [1.29, 1.82) is 0 Å². The second-order valence-electron chi connectivity index (χ2n) is 8.05. The van der Waals surface area contributed by atoms with Crippen LogP contribution in [0.4, 0.5) is 14.9 Å². The maximum atomic E-state index is 12.9. The quantitative estimate of drug-likeness (QED) is 0.724. The van der Waals surface area contributed by atoms with E-state index in [0.29, 0.717) is 37.0 Å². The molecule has 2 saturated heterocycles. The van der Waals surface area contributed by atoms with Gasteiger partial charge in [0.25, 0.3) is 0 Å². The van der Waals surface area contributed by atoms with Crippen LogP contribution in [-0.2, 0) is 4.79 Å². The predicted octanol–water partition coefficient (Wildman–Crippen LogP) is 2.96. The first-order chi connectivity index (χ1) is 13.5. The summed E-state index contributed by atoms with van der Waals surface area (Å²) in [4.78, 5) is 26.7. The number of rotatable bonds is 5. The van der Waals surface area contributed by atoms with Crippen molar-refractivity contribution >= 4 is 17.6 Å². The first-order valence-corrected chi connectivity index (χ1v) is 10.3. The summed E-state index contributed by atoms with van der Waals surface area (Å²) in [5.41, 5.74) is 0.553. The molecule has 7 heteroatoms. The lowest BCUT2D eigenvalue weighted by Crippen LogP contribution is -2.48. The number of nitrogens with one attached hydrogen (secondary N) is 3. The van der Waals surface area contributed by atoms with E-state index in [9.17, 15) is 14.0 Å². The van der Waals surface area contributed by atoms with E-state index >= 15 is 0 Å². The maximum absolute atomic E-state index is 12.9. The topological polar surface area (TPSA) is 73.5 Å². The minimum absolute atomic E-state index is 0.0458. The monoisotopic (exact) mass is 390 g/mol. The van der Waals surface area contributed by atoms with Crippen molar-refractivity contribution in [3.8, 4) is 0 Å². The molecular formula is C21H31FN4O2. The summed E-state index contributed by atoms with van der Waals surface area (Å²) in [6, 6.07) is 5.42. The van der Waals surface area contributed by atoms with Gasteiger partial charge in [0.05, 0.1) is 0 Å². The molecule has 0 bridgehead atoms. The number of hydrogen-bond donors (Lipinski definition) is 3. The Kier molecular flexibility index (Phi) is 7.25. The van der Waals surface area contributed by atoms with Crippen LogP contribution in [0.2, 0.25) is 0 Å². The summed E-state index contributed by atoms with van der Waals surface area (Å²) in [5, 5.41) is 9.08. The lowest BCUT2D eigenvalue weighted by Gasteiger charge is -2.34. The van der Waals surface area contributed by atoms with Crippen molar-refractivity contribution in [2.75, 3.05) is 31.5 Å². The number of carbonyl (C=O) groups excluding carboxylic acids is 2. The molecule has 3 amide bonds. The fraction of sp³-hybridized carbons (Fsp3) is 0.619. The van der Waals surface area contributed by atoms with Crippen molar-refractivity contribution in [1.82, 2.24) is 15.5 Å². The molecule has 0 aliphatic carbocycles. The molecule has 28 heavy (non-hydrogen) atoms. The second-order valence-corrected chi connectivity index (χ2v) is 8.05. The van der Waals surface area contributed by atoms with Crippen LogP contribution < -0.4 is 16.0 Å². The predicted molar refractivity (Wildman–Crippen MR) is 108 cm³/mol. The standard InChI is InChI=1S/C21H31FN4O2/c1-15(16-3-2-10-23-14-16)13-20(27)26-11-8-19(9-12-26)25-21(28)24-18-6-4-17(22)5-7-18/h4-7,15-16,19,23H,2-3,8-14H2,1H3,(H2,24,25,28). The molecule has 2 heterocycles. The summed E-state index contributed by atoms with van der Waals surface area (Å²) < 4.78 is 12.9. The Hall–Kier alpha value is -2.15. The zero-order chi connectivity index (χ0) is 19.9. The molecular weight excluding hydrogens is 359 g/mol. The molecule has 2 aliphatic rings. The third-order valence-corrected chi connectivity index (χ3v) is 5.92. The summed E-state index contributed by atoms with van der Waals surface area (Å²) >= 11 is 0. The van der Waals surface area contributed by atoms with Crippen LogP contribution >= 0.6 is 0 Å². The molecule has 3 rings (SSSR count). The Labute approximate surface area is 166 Å². The molecule has 0 saturated carbocycles. The normalized spacial score (nSPS) is 21.8. The minimum Gasteiger partial charge on any atom is -0.343 e. The zero-order valence-corrected chi connectivity index (χ0v) is 16.5. The summed E-state index contributed by atoms with van der Waals surface area (Å²) in [6.07, 6.45) is 4.51. The molecule has 154 valence electrons. The Morgan fingerprint density at radius 2 is 1.93 bits per heavy atom. The zero-order valence-electron chi connectivity index (χ0n) is 16.5. The summed E-state index contributed by atoms with van der Waals surface area (Å²) in [6.45, 7) is 5.64. The van der Waals surface area contributed by atoms with Gasteiger partial charge in [-0.2, -0.15) is 0 Å². The smallest absolute Gasteiger partial charge is 0.319 e. The molecule has 6 nitrogen and oxygen atoms in total. The minimum atomic E-state index is -0.336. The largest absolute Gasteiger partial charge is 0.343 e. The Morgan fingerprint density at radius 3 is 2.57 bits per heavy atom. The fourth-order valence-electron chi connectivity index (χ4n) is 4.09. The number of hydrogen-bond acceptors (Lipinski definition) is 3. The van der Waals surface area contributed by atoms with Gasteiger partial charge in [0, 0.05) is 31.2 Å². The Morgan fingerprint density at radius 1 is 1.21 bits per heavy atom. The molecule has 0 radical (unpaired) electrons. The number of likely N-dealkylation sites (tertiary alicyclic amines) is 1. The molecule has 0 spiro atoms. The van der Waals surface area contributed by atoms with Crippen LogP contribution in [0.5, 0.6) is 0 Å². The van der Waals surface area contributed by atoms with Crippen LogP contribution in [0.15, 0.2) is 24.3 Å². The van der Waals surface area contributed by atoms with Crippen LogP contribution in [0, 0.1) is 17.7 Å². The summed E-state index contributed by atoms with van der Waals surface area (Å²) in [7, 11) is 0. The van der Waals surface area contributed by atoms with Gasteiger partial charge in [-0.05, 0) is 74.9 Å². The van der Waals surface area contributed by atoms with Crippen LogP contribution in [-0.4, -0.2) is 49.1 Å². The number of amides is 3. The van der Waals surface area contributed by atoms with Crippen molar-refractivity contribution in [2.45, 2.75) is 45.1 Å². The van der Waals surface area contributed by atoms with Gasteiger partial charge >= 0.3 is 6.03 Å². The van der Waals surface area contributed by atoms with E-state index in [0.717, 1.165) is 25.9 Å². The van der Waals surface area contributed by atoms with Crippen molar-refractivity contribution in [3.05, 3.63) is 30.1 Å². The van der Waals surface area contributed by atoms with Crippen molar-refractivity contribution < 1.29 is 14.0 Å². The number of urea groups is 1. The lowest BCUT2D eigenvalue weighted by molar-refractivity contribution is -0.133. The van der Waals surface area contributed by atoms with Crippen LogP contribution in [0.1, 0.15) is 39.0 Å². The van der Waals surface area contributed by atoms with Crippen molar-refractivity contribution in [3.63, 3.8) is 0 Å². The first-order valence-electron chi connectivity index (χ1n) is 10.3. The van der Waals surface area contributed by atoms with Gasteiger partial charge in [0.2, 0.25) is 5.91 Å². The number of nitrogens with zero attached hydrogens (tertiary/aromatic N) is 1. The van der Waals surface area contributed by atoms with Gasteiger partial charge in [-0.25, -0.2) is 9.18 Å². The third kappa shape index (κ3) is 5.92. The molecule has 1 aromatic rings. The molecule has 2 unspecified atom stereocenters. The van der Waals surface area contributed by atoms with Gasteiger partial charge in [-0.15, -0.1) is 0 Å². The van der Waals surface area contributed by atoms with E-state index in [1.165, 1.54) is 37.1 Å². The molecule has 2 aliphatic heterocycles. The molecule has 2 atom stereocenters. The third-order valence-electron chi connectivity index (χ3n) is 5.92. The van der Waals surface area contributed by atoms with Gasteiger partial charge < -0.3 is 20.9 Å². The van der Waals surface area contributed by atoms with Crippen molar-refractivity contribution in [2.24, 2.45) is 11.8 Å². The highest BCUT2D eigenvalue weighted by Gasteiger charge is 2.27. The summed E-state index contributed by atoms with van der Waals surface area (Å²) in [5.74, 6) is 0.883. The van der Waals surface area contributed by atoms with Crippen LogP contribution in [0.3, 0.4) is 0 Å². The Balaban J connectivity index is 1.38. The van der Waals surface area contributed by atoms with E-state index in [2.05, 4.69) is 22.9 Å². The van der Waals surface area contributed by atoms with Gasteiger partial charge in [-0.3, -0.25) is 4.79 Å². The number of anilines is 1. The molecule has 0 aromatic heterocycles. The lowest BCUT2D eigenvalue weighted by atomic mass is 9.85. The second kappa shape index (κ2) is 9.87. The van der Waals surface area contributed by atoms with Gasteiger partial charge in [-0.1, -0.05) is 6.92 Å². The van der Waals surface area contributed by atoms with E-state index in [1.54, 1.807) is 0 Å². The SMILES string of the molecule is CC(CC(=O)N1CCC(NC(=O)Nc2ccc(F)cc2)CC1)C1CCCNC1. The number of halogens is 1. The Bertz CT molecular complexity index is 653. The van der Waals surface area contributed by atoms with E-state index in [-0.39, 0.29) is 23.8 Å². The average molecular weight is 391 g/mol. The molecule has 2 fully saturated rings. The average Bonchev–Trinajstić information content (AvgIpc) is 2.71. The first kappa shape index (κ1) is 20.6. The van der Waals surface area contributed by atoms with Gasteiger partial charge in [0.1, 0.15) is 5.82 Å². The highest BCUT2D eigenvalue weighted by Crippen LogP contribution is 2.24. The highest BCUT2D eigenvalue weighted by molar-refractivity contribution is 5.89. The highest BCUT2D eigenvalue weighted by atomic mass is 19.1. The number of benzene rings is 1. The maximum Gasteiger partial charge on any atom is 0.319 e. The number of carbonyl (C=O) groups is 2. The van der Waals surface area contributed by atoms with Gasteiger partial charge in [0.15, 0.2) is 0 Å². The molecule has 3 N–H and O–H groups in total. The van der Waals surface area contributed by atoms with E-state index < -0.39 is 0 Å². The fourth-order valence-corrected chi connectivity index (χ4v) is 4.09.